The Hall–Kier alpha value is -8.34. The van der Waals surface area contributed by atoms with Gasteiger partial charge >= 0.3 is 0 Å². The molecular formula is C60H38BNO2. The molecule has 0 fully saturated rings. The fraction of sp³-hybridized carbons (Fsp3) is 0. The molecule has 0 radical (unpaired) electrons. The highest BCUT2D eigenvalue weighted by Crippen LogP contribution is 2.47. The lowest BCUT2D eigenvalue weighted by atomic mass is 9.35. The van der Waals surface area contributed by atoms with Crippen molar-refractivity contribution in [3.63, 3.8) is 0 Å². The number of para-hydroxylation sites is 3. The van der Waals surface area contributed by atoms with Crippen LogP contribution in [0, 0.1) is 0 Å². The zero-order valence-corrected chi connectivity index (χ0v) is 34.8. The molecule has 4 heteroatoms. The van der Waals surface area contributed by atoms with Gasteiger partial charge in [0.2, 0.25) is 0 Å². The van der Waals surface area contributed by atoms with Crippen molar-refractivity contribution in [1.29, 1.82) is 0 Å². The Kier molecular flexibility index (Phi) is 8.32. The lowest BCUT2D eigenvalue weighted by molar-refractivity contribution is 0.465. The average molecular weight is 816 g/mol. The molecule has 2 aliphatic rings. The summed E-state index contributed by atoms with van der Waals surface area (Å²) in [5.41, 5.74) is 13.5. The SMILES string of the molecule is c1ccc(N(c2ccccc2)c2ccc3c(c2)Oc2cc(-c4c5ccccc5c(-c5ccc(-c6cccc7ccccc67)cc5)c5ccccc45)cc4c2B3c2ccccc2O4)cc1. The smallest absolute Gasteiger partial charge is 0.260 e. The lowest BCUT2D eigenvalue weighted by Crippen LogP contribution is -2.57. The van der Waals surface area contributed by atoms with Gasteiger partial charge in [-0.25, -0.2) is 0 Å². The molecule has 0 saturated heterocycles. The summed E-state index contributed by atoms with van der Waals surface area (Å²) in [5.74, 6) is 3.34. The summed E-state index contributed by atoms with van der Waals surface area (Å²) in [6.07, 6.45) is 0. The molecule has 0 N–H and O–H groups in total. The Balaban J connectivity index is 0.981. The van der Waals surface area contributed by atoms with E-state index in [1.165, 1.54) is 54.6 Å². The Bertz CT molecular complexity index is 3520. The van der Waals surface area contributed by atoms with Crippen molar-refractivity contribution < 1.29 is 9.47 Å². The Morgan fingerprint density at radius 2 is 0.812 bits per heavy atom. The first kappa shape index (κ1) is 36.3. The highest BCUT2D eigenvalue weighted by atomic mass is 16.5. The van der Waals surface area contributed by atoms with Crippen LogP contribution in [0.3, 0.4) is 0 Å². The van der Waals surface area contributed by atoms with Crippen LogP contribution < -0.4 is 30.8 Å². The molecule has 0 amide bonds. The molecule has 0 atom stereocenters. The summed E-state index contributed by atoms with van der Waals surface area (Å²) in [6, 6.07) is 82.6. The monoisotopic (exact) mass is 815 g/mol. The van der Waals surface area contributed by atoms with Gasteiger partial charge in [-0.05, 0) is 125 Å². The summed E-state index contributed by atoms with van der Waals surface area (Å²) < 4.78 is 14.0. The van der Waals surface area contributed by atoms with Crippen LogP contribution >= 0.6 is 0 Å². The molecule has 0 spiro atoms. The number of anilines is 3. The largest absolute Gasteiger partial charge is 0.458 e. The van der Waals surface area contributed by atoms with E-state index in [1.807, 2.05) is 0 Å². The van der Waals surface area contributed by atoms with E-state index in [2.05, 4.69) is 235 Å². The first-order chi connectivity index (χ1) is 31.7. The van der Waals surface area contributed by atoms with Gasteiger partial charge in [0.05, 0.1) is 0 Å². The number of benzene rings is 11. The number of nitrogens with zero attached hydrogens (tertiary/aromatic N) is 1. The van der Waals surface area contributed by atoms with Gasteiger partial charge in [-0.15, -0.1) is 0 Å². The van der Waals surface area contributed by atoms with Gasteiger partial charge in [-0.3, -0.25) is 0 Å². The van der Waals surface area contributed by atoms with Crippen LogP contribution in [-0.2, 0) is 0 Å². The van der Waals surface area contributed by atoms with Gasteiger partial charge in [-0.2, -0.15) is 0 Å². The molecule has 11 aromatic rings. The number of fused-ring (bicyclic) bond motifs is 7. The highest BCUT2D eigenvalue weighted by Gasteiger charge is 2.41. The number of hydrogen-bond acceptors (Lipinski definition) is 3. The summed E-state index contributed by atoms with van der Waals surface area (Å²) in [6.45, 7) is -0.0589. The summed E-state index contributed by atoms with van der Waals surface area (Å²) in [7, 11) is 0. The molecule has 0 aromatic heterocycles. The van der Waals surface area contributed by atoms with Gasteiger partial charge in [0.25, 0.3) is 6.71 Å². The van der Waals surface area contributed by atoms with Gasteiger partial charge in [0.1, 0.15) is 23.0 Å². The maximum Gasteiger partial charge on any atom is 0.260 e. The molecule has 298 valence electrons. The van der Waals surface area contributed by atoms with Crippen molar-refractivity contribution in [2.24, 2.45) is 0 Å². The lowest BCUT2D eigenvalue weighted by Gasteiger charge is -2.34. The third-order valence-corrected chi connectivity index (χ3v) is 13.2. The minimum absolute atomic E-state index is 0.0589. The van der Waals surface area contributed by atoms with Crippen LogP contribution in [0.15, 0.2) is 231 Å². The first-order valence-electron chi connectivity index (χ1n) is 21.9. The van der Waals surface area contributed by atoms with E-state index in [4.69, 9.17) is 9.47 Å². The fourth-order valence-electron chi connectivity index (χ4n) is 10.4. The second-order valence-electron chi connectivity index (χ2n) is 16.7. The molecule has 3 nitrogen and oxygen atoms in total. The van der Waals surface area contributed by atoms with Crippen molar-refractivity contribution in [3.8, 4) is 56.4 Å². The maximum atomic E-state index is 7.15. The van der Waals surface area contributed by atoms with E-state index in [0.29, 0.717) is 0 Å². The van der Waals surface area contributed by atoms with Gasteiger partial charge in [-0.1, -0.05) is 176 Å². The highest BCUT2D eigenvalue weighted by molar-refractivity contribution is 6.98. The van der Waals surface area contributed by atoms with Crippen molar-refractivity contribution in [2.45, 2.75) is 0 Å². The van der Waals surface area contributed by atoms with Crippen LogP contribution in [-0.4, -0.2) is 6.71 Å². The molecule has 64 heavy (non-hydrogen) atoms. The van der Waals surface area contributed by atoms with Crippen LogP contribution in [0.1, 0.15) is 0 Å². The van der Waals surface area contributed by atoms with Crippen molar-refractivity contribution in [2.75, 3.05) is 4.90 Å². The van der Waals surface area contributed by atoms with Crippen molar-refractivity contribution in [3.05, 3.63) is 231 Å². The van der Waals surface area contributed by atoms with Gasteiger partial charge in [0, 0.05) is 28.6 Å². The van der Waals surface area contributed by atoms with E-state index in [1.54, 1.807) is 0 Å². The quantitative estimate of drug-likeness (QED) is 0.123. The van der Waals surface area contributed by atoms with Crippen molar-refractivity contribution >= 4 is 72.5 Å². The standard InChI is InChI=1S/C60H38BNO2/c1-3-18-43(19-4-1)62(44-20-5-2-6-21-44)45-34-35-53-55(38-45)64-57-37-42(36-56-60(57)61(53)52-28-13-14-29-54(52)63-56)59-50-25-11-9-23-48(50)58(49-24-10-12-26-51(49)59)41-32-30-40(31-33-41)47-27-15-17-39-16-7-8-22-46(39)47/h1-38H. The third-order valence-electron chi connectivity index (χ3n) is 13.2. The molecule has 13 rings (SSSR count). The van der Waals surface area contributed by atoms with Crippen LogP contribution in [0.2, 0.25) is 0 Å². The number of rotatable bonds is 6. The number of ether oxygens (including phenoxy) is 2. The summed E-state index contributed by atoms with van der Waals surface area (Å²) in [4.78, 5) is 2.29. The fourth-order valence-corrected chi connectivity index (χ4v) is 10.4. The molecule has 11 aromatic carbocycles. The van der Waals surface area contributed by atoms with Crippen LogP contribution in [0.5, 0.6) is 23.0 Å². The average Bonchev–Trinajstić information content (AvgIpc) is 3.36. The third kappa shape index (κ3) is 5.77. The zero-order valence-electron chi connectivity index (χ0n) is 34.8. The predicted molar refractivity (Wildman–Crippen MR) is 268 cm³/mol. The minimum atomic E-state index is -0.0589. The van der Waals surface area contributed by atoms with Crippen LogP contribution in [0.4, 0.5) is 17.1 Å². The van der Waals surface area contributed by atoms with E-state index in [9.17, 15) is 0 Å². The molecule has 0 saturated carbocycles. The second-order valence-corrected chi connectivity index (χ2v) is 16.7. The Morgan fingerprint density at radius 3 is 1.47 bits per heavy atom. The van der Waals surface area contributed by atoms with E-state index >= 15 is 0 Å². The summed E-state index contributed by atoms with van der Waals surface area (Å²) >= 11 is 0. The normalized spacial score (nSPS) is 12.3. The van der Waals surface area contributed by atoms with E-state index in [0.717, 1.165) is 67.6 Å². The second kappa shape index (κ2) is 14.6. The predicted octanol–water partition coefficient (Wildman–Crippen LogP) is 14.3. The molecule has 0 bridgehead atoms. The Labute approximate surface area is 372 Å². The van der Waals surface area contributed by atoms with E-state index < -0.39 is 0 Å². The topological polar surface area (TPSA) is 21.7 Å². The van der Waals surface area contributed by atoms with E-state index in [-0.39, 0.29) is 6.71 Å². The molecule has 0 aliphatic carbocycles. The van der Waals surface area contributed by atoms with Gasteiger partial charge < -0.3 is 14.4 Å². The first-order valence-corrected chi connectivity index (χ1v) is 21.9. The number of hydrogen-bond donors (Lipinski definition) is 0. The molecule has 2 aliphatic heterocycles. The molecular weight excluding hydrogens is 777 g/mol. The zero-order chi connectivity index (χ0) is 42.1. The summed E-state index contributed by atoms with van der Waals surface area (Å²) in [5, 5.41) is 7.25. The Morgan fingerprint density at radius 1 is 0.312 bits per heavy atom. The van der Waals surface area contributed by atoms with Crippen LogP contribution in [0.25, 0.3) is 65.7 Å². The molecule has 2 heterocycles. The maximum absolute atomic E-state index is 7.15. The van der Waals surface area contributed by atoms with Gasteiger partial charge in [0.15, 0.2) is 0 Å². The van der Waals surface area contributed by atoms with Crippen molar-refractivity contribution in [1.82, 2.24) is 0 Å². The minimum Gasteiger partial charge on any atom is -0.458 e. The molecule has 0 unspecified atom stereocenters.